The van der Waals surface area contributed by atoms with Crippen molar-refractivity contribution in [3.63, 3.8) is 0 Å². The second kappa shape index (κ2) is 27.9. The van der Waals surface area contributed by atoms with Gasteiger partial charge in [-0.25, -0.2) is 0 Å². The van der Waals surface area contributed by atoms with Crippen molar-refractivity contribution >= 4 is 23.9 Å². The summed E-state index contributed by atoms with van der Waals surface area (Å²) in [5, 5.41) is 21.5. The van der Waals surface area contributed by atoms with E-state index in [9.17, 15) is 29.4 Å². The molecule has 0 saturated heterocycles. The number of carbonyl (C=O) groups is 4. The van der Waals surface area contributed by atoms with Gasteiger partial charge in [0.05, 0.1) is 42.3 Å². The molecule has 0 spiro atoms. The van der Waals surface area contributed by atoms with Gasteiger partial charge in [-0.1, -0.05) is 104 Å². The molecule has 0 aliphatic rings. The molecule has 272 valence electrons. The Labute approximate surface area is 281 Å². The van der Waals surface area contributed by atoms with Crippen LogP contribution < -0.4 is 10.2 Å². The number of carboxylic acids is 2. The molecule has 0 fully saturated rings. The molecule has 0 radical (unpaired) electrons. The molecule has 0 aliphatic carbocycles. The highest BCUT2D eigenvalue weighted by Crippen LogP contribution is 2.13. The first-order valence-corrected chi connectivity index (χ1v) is 17.9. The fourth-order valence-corrected chi connectivity index (χ4v) is 5.18. The number of esters is 2. The van der Waals surface area contributed by atoms with Crippen LogP contribution in [0.5, 0.6) is 0 Å². The van der Waals surface area contributed by atoms with Crippen LogP contribution in [0.25, 0.3) is 0 Å². The smallest absolute Gasteiger partial charge is 0.306 e. The van der Waals surface area contributed by atoms with E-state index in [1.165, 1.54) is 64.2 Å². The average molecular weight is 659 g/mol. The number of unbranched alkanes of at least 4 members (excludes halogenated alkanes) is 14. The number of rotatable bonds is 28. The van der Waals surface area contributed by atoms with Crippen LogP contribution in [0, 0.1) is 0 Å². The minimum absolute atomic E-state index is 0.237. The molecule has 0 rings (SSSR count). The van der Waals surface area contributed by atoms with Gasteiger partial charge in [0.25, 0.3) is 0 Å². The number of quaternary nitrogens is 2. The van der Waals surface area contributed by atoms with Crippen LogP contribution in [-0.2, 0) is 28.7 Å². The average Bonchev–Trinajstić information content (AvgIpc) is 2.89. The molecule has 0 bridgehead atoms. The summed E-state index contributed by atoms with van der Waals surface area (Å²) in [5.74, 6) is -2.95. The van der Waals surface area contributed by atoms with Crippen molar-refractivity contribution in [3.05, 3.63) is 0 Å². The van der Waals surface area contributed by atoms with Gasteiger partial charge in [-0.15, -0.1) is 0 Å². The standard InChI is InChI=1S/C19H37NO4.C17H33NO4/c1-5-6-7-8-9-10-11-12-13-14-19(23)24-17(15-18(21)22)16-20(2,3)4;1-5-6-7-8-9-10-11-12-17(21)22-15(13-16(19)20)14-18(2,3)4/h17H,5-16H2,1-4H3;15H,5-14H2,1-4H3. The van der Waals surface area contributed by atoms with Crippen molar-refractivity contribution in [2.24, 2.45) is 0 Å². The van der Waals surface area contributed by atoms with E-state index in [2.05, 4.69) is 13.8 Å². The van der Waals surface area contributed by atoms with Gasteiger partial charge >= 0.3 is 11.9 Å². The Morgan fingerprint density at radius 2 is 0.739 bits per heavy atom. The van der Waals surface area contributed by atoms with Gasteiger partial charge in [0, 0.05) is 37.6 Å². The highest BCUT2D eigenvalue weighted by atomic mass is 16.5. The fourth-order valence-electron chi connectivity index (χ4n) is 5.18. The molecule has 0 saturated carbocycles. The van der Waals surface area contributed by atoms with E-state index in [0.717, 1.165) is 38.5 Å². The van der Waals surface area contributed by atoms with E-state index >= 15 is 0 Å². The Balaban J connectivity index is 0. The molecule has 0 heterocycles. The number of hydrogen-bond donors (Lipinski definition) is 0. The minimum atomic E-state index is -1.18. The summed E-state index contributed by atoms with van der Waals surface area (Å²) in [6.45, 7) is 5.35. The van der Waals surface area contributed by atoms with Gasteiger partial charge in [0.2, 0.25) is 0 Å². The van der Waals surface area contributed by atoms with E-state index in [1.54, 1.807) is 0 Å². The Morgan fingerprint density at radius 3 is 0.978 bits per heavy atom. The van der Waals surface area contributed by atoms with Crippen molar-refractivity contribution in [1.82, 2.24) is 0 Å². The third kappa shape index (κ3) is 36.3. The lowest BCUT2D eigenvalue weighted by Gasteiger charge is -2.29. The summed E-state index contributed by atoms with van der Waals surface area (Å²) in [6, 6.07) is 0. The summed E-state index contributed by atoms with van der Waals surface area (Å²) in [5.41, 5.74) is 0. The predicted octanol–water partition coefficient (Wildman–Crippen LogP) is 4.55. The molecular formula is C36H70N2O8. The van der Waals surface area contributed by atoms with Crippen molar-refractivity contribution < 1.29 is 47.8 Å². The topological polar surface area (TPSA) is 133 Å². The quantitative estimate of drug-likeness (QED) is 0.0680. The second-order valence-corrected chi connectivity index (χ2v) is 14.8. The molecule has 10 heteroatoms. The van der Waals surface area contributed by atoms with Crippen molar-refractivity contribution in [2.45, 2.75) is 154 Å². The summed E-state index contributed by atoms with van der Waals surface area (Å²) < 4.78 is 11.7. The van der Waals surface area contributed by atoms with E-state index in [0.29, 0.717) is 34.9 Å². The lowest BCUT2D eigenvalue weighted by atomic mass is 10.1. The Bertz CT molecular complexity index is 805. The maximum Gasteiger partial charge on any atom is 0.306 e. The second-order valence-electron chi connectivity index (χ2n) is 14.8. The van der Waals surface area contributed by atoms with Crippen molar-refractivity contribution in [3.8, 4) is 0 Å². The molecule has 0 aliphatic heterocycles. The Kier molecular flexibility index (Phi) is 27.8. The highest BCUT2D eigenvalue weighted by molar-refractivity contribution is 5.71. The van der Waals surface area contributed by atoms with Gasteiger partial charge in [-0.05, 0) is 12.8 Å². The predicted molar refractivity (Wildman–Crippen MR) is 179 cm³/mol. The zero-order chi connectivity index (χ0) is 35.4. The van der Waals surface area contributed by atoms with Crippen LogP contribution in [0.3, 0.4) is 0 Å². The van der Waals surface area contributed by atoms with Gasteiger partial charge in [0.1, 0.15) is 13.1 Å². The van der Waals surface area contributed by atoms with Crippen LogP contribution >= 0.6 is 0 Å². The molecule has 46 heavy (non-hydrogen) atoms. The summed E-state index contributed by atoms with van der Waals surface area (Å²) in [7, 11) is 11.6. The van der Waals surface area contributed by atoms with E-state index in [1.807, 2.05) is 42.3 Å². The SMILES string of the molecule is CCCCCCCCCC(=O)OC(CC(=O)[O-])C[N+](C)(C)C.CCCCCCCCCCCC(=O)OC(CC(=O)[O-])C[N+](C)(C)C. The summed E-state index contributed by atoms with van der Waals surface area (Å²) in [4.78, 5) is 45.2. The number of carboxylic acid groups (broad SMARTS) is 2. The molecular weight excluding hydrogens is 588 g/mol. The van der Waals surface area contributed by atoms with Crippen LogP contribution in [0.2, 0.25) is 0 Å². The first kappa shape index (κ1) is 45.9. The maximum atomic E-state index is 11.9. The third-order valence-corrected chi connectivity index (χ3v) is 7.36. The minimum Gasteiger partial charge on any atom is -0.550 e. The third-order valence-electron chi connectivity index (χ3n) is 7.36. The lowest BCUT2D eigenvalue weighted by Crippen LogP contribution is -2.45. The van der Waals surface area contributed by atoms with Gasteiger partial charge in [-0.3, -0.25) is 9.59 Å². The molecule has 0 aromatic heterocycles. The molecule has 10 nitrogen and oxygen atoms in total. The normalized spacial score (nSPS) is 12.9. The van der Waals surface area contributed by atoms with Gasteiger partial charge in [-0.2, -0.15) is 0 Å². The molecule has 0 aromatic rings. The molecule has 0 aromatic carbocycles. The van der Waals surface area contributed by atoms with E-state index in [4.69, 9.17) is 9.47 Å². The summed E-state index contributed by atoms with van der Waals surface area (Å²) in [6.07, 6.45) is 17.8. The number of hydrogen-bond acceptors (Lipinski definition) is 8. The van der Waals surface area contributed by atoms with Crippen LogP contribution in [0.4, 0.5) is 0 Å². The van der Waals surface area contributed by atoms with Crippen LogP contribution in [0.15, 0.2) is 0 Å². The fraction of sp³-hybridized carbons (Fsp3) is 0.889. The molecule has 2 unspecified atom stereocenters. The van der Waals surface area contributed by atoms with Crippen molar-refractivity contribution in [1.29, 1.82) is 0 Å². The van der Waals surface area contributed by atoms with Crippen LogP contribution in [-0.4, -0.2) is 100 Å². The number of nitrogens with zero attached hydrogens (tertiary/aromatic N) is 2. The Hall–Kier alpha value is -2.20. The molecule has 2 atom stereocenters. The highest BCUT2D eigenvalue weighted by Gasteiger charge is 2.23. The first-order valence-electron chi connectivity index (χ1n) is 17.9. The summed E-state index contributed by atoms with van der Waals surface area (Å²) >= 11 is 0. The molecule has 0 N–H and O–H groups in total. The number of ether oxygens (including phenoxy) is 2. The maximum absolute atomic E-state index is 11.9. The monoisotopic (exact) mass is 659 g/mol. The number of aliphatic carboxylic acids is 2. The Morgan fingerprint density at radius 1 is 0.478 bits per heavy atom. The van der Waals surface area contributed by atoms with Crippen LogP contribution in [0.1, 0.15) is 142 Å². The number of likely N-dealkylation sites (N-methyl/N-ethyl adjacent to an activating group) is 2. The number of carbonyl (C=O) groups excluding carboxylic acids is 4. The lowest BCUT2D eigenvalue weighted by molar-refractivity contribution is -0.873. The first-order chi connectivity index (χ1) is 21.5. The zero-order valence-corrected chi connectivity index (χ0v) is 30.9. The molecule has 0 amide bonds. The zero-order valence-electron chi connectivity index (χ0n) is 30.9. The van der Waals surface area contributed by atoms with Gasteiger partial charge in [0.15, 0.2) is 12.2 Å². The van der Waals surface area contributed by atoms with E-state index < -0.39 is 24.1 Å². The van der Waals surface area contributed by atoms with Gasteiger partial charge < -0.3 is 38.2 Å². The van der Waals surface area contributed by atoms with Crippen molar-refractivity contribution in [2.75, 3.05) is 55.4 Å². The van der Waals surface area contributed by atoms with E-state index in [-0.39, 0.29) is 24.8 Å². The largest absolute Gasteiger partial charge is 0.550 e.